The number of rotatable bonds is 3. The lowest BCUT2D eigenvalue weighted by Crippen LogP contribution is -2.53. The van der Waals surface area contributed by atoms with Gasteiger partial charge < -0.3 is 14.5 Å². The number of pyridine rings is 1. The molecule has 3 heterocycles. The Morgan fingerprint density at radius 3 is 2.75 bits per heavy atom. The van der Waals surface area contributed by atoms with Crippen molar-refractivity contribution in [2.24, 2.45) is 11.8 Å². The van der Waals surface area contributed by atoms with E-state index in [0.29, 0.717) is 37.9 Å². The van der Waals surface area contributed by atoms with Gasteiger partial charge in [-0.15, -0.1) is 0 Å². The highest BCUT2D eigenvalue weighted by Gasteiger charge is 2.37. The molecule has 0 radical (unpaired) electrons. The number of ether oxygens (including phenoxy) is 1. The third kappa shape index (κ3) is 3.53. The molecule has 0 unspecified atom stereocenters. The Balaban J connectivity index is 1.61. The van der Waals surface area contributed by atoms with Crippen molar-refractivity contribution in [3.05, 3.63) is 24.1 Å². The van der Waals surface area contributed by atoms with E-state index in [1.807, 2.05) is 9.80 Å². The minimum Gasteiger partial charge on any atom is -0.377 e. The molecule has 5 nitrogen and oxygen atoms in total. The normalized spacial score (nSPS) is 25.2. The second kappa shape index (κ2) is 7.47. The first-order chi connectivity index (χ1) is 11.6. The summed E-state index contributed by atoms with van der Waals surface area (Å²) in [6, 6.07) is 3.01. The number of halogens is 1. The van der Waals surface area contributed by atoms with Gasteiger partial charge in [-0.1, -0.05) is 13.8 Å². The monoisotopic (exact) mass is 335 g/mol. The Hall–Kier alpha value is -1.69. The summed E-state index contributed by atoms with van der Waals surface area (Å²) in [6.07, 6.45) is 3.45. The van der Waals surface area contributed by atoms with E-state index in [0.717, 1.165) is 19.4 Å². The average Bonchev–Trinajstić information content (AvgIpc) is 2.62. The first-order valence-corrected chi connectivity index (χ1v) is 8.84. The standard InChI is InChI=1S/C18H26FN3O2/c1-13(2)16-14(5-4-12-24-16)18(23)22-10-8-21(9-11-22)17-15(19)6-3-7-20-17/h3,6-7,13-14,16H,4-5,8-12H2,1-2H3/t14-,16-/m0/s1. The molecule has 24 heavy (non-hydrogen) atoms. The van der Waals surface area contributed by atoms with Crippen LogP contribution >= 0.6 is 0 Å². The van der Waals surface area contributed by atoms with Gasteiger partial charge >= 0.3 is 0 Å². The van der Waals surface area contributed by atoms with Crippen LogP contribution in [-0.4, -0.2) is 54.7 Å². The van der Waals surface area contributed by atoms with Gasteiger partial charge in [0.2, 0.25) is 5.91 Å². The van der Waals surface area contributed by atoms with Crippen LogP contribution in [-0.2, 0) is 9.53 Å². The van der Waals surface area contributed by atoms with Crippen LogP contribution in [0.2, 0.25) is 0 Å². The number of piperazine rings is 1. The van der Waals surface area contributed by atoms with Gasteiger partial charge in [0.1, 0.15) is 0 Å². The number of aromatic nitrogens is 1. The van der Waals surface area contributed by atoms with Crippen molar-refractivity contribution in [3.8, 4) is 0 Å². The first kappa shape index (κ1) is 17.1. The van der Waals surface area contributed by atoms with Gasteiger partial charge in [0.25, 0.3) is 0 Å². The van der Waals surface area contributed by atoms with E-state index in [2.05, 4.69) is 18.8 Å². The van der Waals surface area contributed by atoms with E-state index in [4.69, 9.17) is 4.74 Å². The molecule has 0 spiro atoms. The van der Waals surface area contributed by atoms with Crippen molar-refractivity contribution >= 4 is 11.7 Å². The smallest absolute Gasteiger partial charge is 0.228 e. The Labute approximate surface area is 142 Å². The van der Waals surface area contributed by atoms with Crippen LogP contribution in [0.25, 0.3) is 0 Å². The summed E-state index contributed by atoms with van der Waals surface area (Å²) >= 11 is 0. The zero-order valence-corrected chi connectivity index (χ0v) is 14.4. The predicted octanol–water partition coefficient (Wildman–Crippen LogP) is 2.32. The molecular weight excluding hydrogens is 309 g/mol. The maximum atomic E-state index is 13.9. The summed E-state index contributed by atoms with van der Waals surface area (Å²) in [5.74, 6) is 0.554. The van der Waals surface area contributed by atoms with E-state index < -0.39 is 0 Å². The molecule has 1 aromatic rings. The minimum absolute atomic E-state index is 0.0116. The zero-order chi connectivity index (χ0) is 17.1. The maximum Gasteiger partial charge on any atom is 0.228 e. The minimum atomic E-state index is -0.308. The molecule has 6 heteroatoms. The number of carbonyl (C=O) groups excluding carboxylic acids is 1. The Bertz CT molecular complexity index is 573. The lowest BCUT2D eigenvalue weighted by molar-refractivity contribution is -0.148. The molecule has 2 aliphatic heterocycles. The summed E-state index contributed by atoms with van der Waals surface area (Å²) in [6.45, 7) is 7.40. The van der Waals surface area contributed by atoms with Crippen LogP contribution in [0.15, 0.2) is 18.3 Å². The fourth-order valence-corrected chi connectivity index (χ4v) is 3.71. The van der Waals surface area contributed by atoms with Crippen LogP contribution < -0.4 is 4.90 Å². The van der Waals surface area contributed by atoms with Crippen LogP contribution in [0.3, 0.4) is 0 Å². The summed E-state index contributed by atoms with van der Waals surface area (Å²) in [5.41, 5.74) is 0. The largest absolute Gasteiger partial charge is 0.377 e. The topological polar surface area (TPSA) is 45.7 Å². The second-order valence-corrected chi connectivity index (χ2v) is 6.95. The number of hydrogen-bond acceptors (Lipinski definition) is 4. The highest BCUT2D eigenvalue weighted by molar-refractivity contribution is 5.80. The summed E-state index contributed by atoms with van der Waals surface area (Å²) in [5, 5.41) is 0. The van der Waals surface area contributed by atoms with E-state index in [1.54, 1.807) is 12.3 Å². The Kier molecular flexibility index (Phi) is 5.33. The van der Waals surface area contributed by atoms with E-state index in [1.165, 1.54) is 6.07 Å². The molecular formula is C18H26FN3O2. The van der Waals surface area contributed by atoms with Crippen molar-refractivity contribution in [2.75, 3.05) is 37.7 Å². The molecule has 2 atom stereocenters. The molecule has 132 valence electrons. The summed E-state index contributed by atoms with van der Waals surface area (Å²) in [4.78, 5) is 20.9. The highest BCUT2D eigenvalue weighted by Crippen LogP contribution is 2.28. The Morgan fingerprint density at radius 2 is 2.08 bits per heavy atom. The van der Waals surface area contributed by atoms with Gasteiger partial charge in [0.15, 0.2) is 11.6 Å². The molecule has 0 bridgehead atoms. The molecule has 3 rings (SSSR count). The highest BCUT2D eigenvalue weighted by atomic mass is 19.1. The molecule has 0 saturated carbocycles. The lowest BCUT2D eigenvalue weighted by atomic mass is 9.86. The van der Waals surface area contributed by atoms with Crippen molar-refractivity contribution in [1.82, 2.24) is 9.88 Å². The van der Waals surface area contributed by atoms with Crippen LogP contribution in [0, 0.1) is 17.7 Å². The maximum absolute atomic E-state index is 13.9. The van der Waals surface area contributed by atoms with Crippen LogP contribution in [0.5, 0.6) is 0 Å². The van der Waals surface area contributed by atoms with Crippen molar-refractivity contribution < 1.29 is 13.9 Å². The fourth-order valence-electron chi connectivity index (χ4n) is 3.71. The fraction of sp³-hybridized carbons (Fsp3) is 0.667. The number of carbonyl (C=O) groups is 1. The van der Waals surface area contributed by atoms with Gasteiger partial charge in [0.05, 0.1) is 12.0 Å². The number of nitrogens with zero attached hydrogens (tertiary/aromatic N) is 3. The molecule has 0 aliphatic carbocycles. The van der Waals surface area contributed by atoms with E-state index >= 15 is 0 Å². The third-order valence-electron chi connectivity index (χ3n) is 4.97. The first-order valence-electron chi connectivity index (χ1n) is 8.84. The van der Waals surface area contributed by atoms with Crippen molar-refractivity contribution in [2.45, 2.75) is 32.8 Å². The Morgan fingerprint density at radius 1 is 1.33 bits per heavy atom. The van der Waals surface area contributed by atoms with Gasteiger partial charge in [0, 0.05) is 39.0 Å². The van der Waals surface area contributed by atoms with Crippen molar-refractivity contribution in [3.63, 3.8) is 0 Å². The summed E-state index contributed by atoms with van der Waals surface area (Å²) in [7, 11) is 0. The predicted molar refractivity (Wildman–Crippen MR) is 90.3 cm³/mol. The van der Waals surface area contributed by atoms with Gasteiger partial charge in [-0.05, 0) is 30.9 Å². The molecule has 1 aromatic heterocycles. The van der Waals surface area contributed by atoms with Gasteiger partial charge in [-0.3, -0.25) is 4.79 Å². The zero-order valence-electron chi connectivity index (χ0n) is 14.4. The average molecular weight is 335 g/mol. The molecule has 2 aliphatic rings. The number of amides is 1. The van der Waals surface area contributed by atoms with Gasteiger partial charge in [-0.25, -0.2) is 9.37 Å². The quantitative estimate of drug-likeness (QED) is 0.850. The molecule has 1 amide bonds. The van der Waals surface area contributed by atoms with Gasteiger partial charge in [-0.2, -0.15) is 0 Å². The SMILES string of the molecule is CC(C)[C@@H]1OCCC[C@@H]1C(=O)N1CCN(c2ncccc2F)CC1. The molecule has 0 aromatic carbocycles. The molecule has 2 saturated heterocycles. The molecule has 2 fully saturated rings. The second-order valence-electron chi connectivity index (χ2n) is 6.95. The number of hydrogen-bond donors (Lipinski definition) is 0. The van der Waals surface area contributed by atoms with Crippen LogP contribution in [0.1, 0.15) is 26.7 Å². The van der Waals surface area contributed by atoms with E-state index in [-0.39, 0.29) is 23.7 Å². The third-order valence-corrected chi connectivity index (χ3v) is 4.97. The van der Waals surface area contributed by atoms with Crippen LogP contribution in [0.4, 0.5) is 10.2 Å². The summed E-state index contributed by atoms with van der Waals surface area (Å²) < 4.78 is 19.7. The molecule has 0 N–H and O–H groups in total. The number of anilines is 1. The lowest BCUT2D eigenvalue weighted by Gasteiger charge is -2.40. The van der Waals surface area contributed by atoms with Crippen molar-refractivity contribution in [1.29, 1.82) is 0 Å². The van der Waals surface area contributed by atoms with E-state index in [9.17, 15) is 9.18 Å².